The molecule has 0 amide bonds. The van der Waals surface area contributed by atoms with Crippen LogP contribution in [0.15, 0.2) is 6.33 Å². The fourth-order valence-electron chi connectivity index (χ4n) is 1.12. The Morgan fingerprint density at radius 2 is 2.24 bits per heavy atom. The van der Waals surface area contributed by atoms with Crippen molar-refractivity contribution < 1.29 is 10.0 Å². The second-order valence-electron chi connectivity index (χ2n) is 3.49. The number of aliphatic hydroxyl groups is 1. The Bertz CT molecular complexity index is 399. The van der Waals surface area contributed by atoms with E-state index < -0.39 is 4.92 Å². The molecule has 9 nitrogen and oxygen atoms in total. The number of anilines is 2. The maximum Gasteiger partial charge on any atom is 0.354 e. The van der Waals surface area contributed by atoms with Crippen LogP contribution in [0, 0.1) is 16.0 Å². The van der Waals surface area contributed by atoms with E-state index >= 15 is 0 Å². The quantitative estimate of drug-likeness (QED) is 0.303. The zero-order valence-corrected chi connectivity index (χ0v) is 9.25. The molecule has 9 heteroatoms. The van der Waals surface area contributed by atoms with Gasteiger partial charge in [0.15, 0.2) is 0 Å². The number of hydrogen-bond acceptors (Lipinski definition) is 8. The normalized spacial score (nSPS) is 11.9. The smallest absolute Gasteiger partial charge is 0.354 e. The van der Waals surface area contributed by atoms with Gasteiger partial charge in [0, 0.05) is 13.2 Å². The molecule has 1 aromatic heterocycles. The highest BCUT2D eigenvalue weighted by molar-refractivity contribution is 5.68. The first-order valence-electron chi connectivity index (χ1n) is 4.90. The SMILES string of the molecule is CC(CO)CNc1ncnc(NN)c1[N+](=O)[O-]. The van der Waals surface area contributed by atoms with Crippen LogP contribution in [0.1, 0.15) is 6.92 Å². The second kappa shape index (κ2) is 5.92. The van der Waals surface area contributed by atoms with Gasteiger partial charge >= 0.3 is 5.69 Å². The van der Waals surface area contributed by atoms with Crippen LogP contribution in [0.25, 0.3) is 0 Å². The minimum atomic E-state index is -0.624. The van der Waals surface area contributed by atoms with Gasteiger partial charge in [0.05, 0.1) is 4.92 Å². The Balaban J connectivity index is 2.94. The maximum absolute atomic E-state index is 10.9. The summed E-state index contributed by atoms with van der Waals surface area (Å²) in [6.45, 7) is 2.13. The number of aliphatic hydroxyl groups excluding tert-OH is 1. The van der Waals surface area contributed by atoms with Crippen molar-refractivity contribution in [1.29, 1.82) is 0 Å². The molecule has 1 rings (SSSR count). The third-order valence-corrected chi connectivity index (χ3v) is 2.07. The molecular formula is C8H14N6O3. The molecule has 1 atom stereocenters. The van der Waals surface area contributed by atoms with Crippen molar-refractivity contribution in [2.24, 2.45) is 11.8 Å². The molecule has 0 radical (unpaired) electrons. The predicted octanol–water partition coefficient (Wildman–Crippen LogP) is -0.289. The van der Waals surface area contributed by atoms with Crippen molar-refractivity contribution >= 4 is 17.3 Å². The van der Waals surface area contributed by atoms with Crippen LogP contribution in [-0.4, -0.2) is 33.1 Å². The zero-order valence-electron chi connectivity index (χ0n) is 9.25. The van der Waals surface area contributed by atoms with Gasteiger partial charge in [-0.2, -0.15) is 0 Å². The minimum Gasteiger partial charge on any atom is -0.396 e. The highest BCUT2D eigenvalue weighted by Crippen LogP contribution is 2.27. The van der Waals surface area contributed by atoms with Crippen LogP contribution < -0.4 is 16.6 Å². The molecule has 0 saturated carbocycles. The molecule has 1 aromatic rings. The van der Waals surface area contributed by atoms with Crippen molar-refractivity contribution in [1.82, 2.24) is 9.97 Å². The number of hydrogen-bond donors (Lipinski definition) is 4. The first-order chi connectivity index (χ1) is 8.10. The summed E-state index contributed by atoms with van der Waals surface area (Å²) in [5.41, 5.74) is 1.82. The summed E-state index contributed by atoms with van der Waals surface area (Å²) in [4.78, 5) is 17.7. The molecule has 5 N–H and O–H groups in total. The van der Waals surface area contributed by atoms with Crippen LogP contribution in [0.5, 0.6) is 0 Å². The number of nitro groups is 1. The fraction of sp³-hybridized carbons (Fsp3) is 0.500. The summed E-state index contributed by atoms with van der Waals surface area (Å²) in [7, 11) is 0. The Hall–Kier alpha value is -2.00. The highest BCUT2D eigenvalue weighted by atomic mass is 16.6. The van der Waals surface area contributed by atoms with Gasteiger partial charge in [-0.15, -0.1) is 0 Å². The summed E-state index contributed by atoms with van der Waals surface area (Å²) in [6.07, 6.45) is 1.16. The molecule has 0 bridgehead atoms. The molecule has 0 fully saturated rings. The lowest BCUT2D eigenvalue weighted by Gasteiger charge is -2.11. The predicted molar refractivity (Wildman–Crippen MR) is 61.2 cm³/mol. The Morgan fingerprint density at radius 3 is 2.76 bits per heavy atom. The van der Waals surface area contributed by atoms with Gasteiger partial charge in [-0.05, 0) is 5.92 Å². The molecule has 0 aromatic carbocycles. The molecule has 0 saturated heterocycles. The standard InChI is InChI=1S/C8H14N6O3/c1-5(3-15)2-10-7-6(14(16)17)8(13-9)12-4-11-7/h4-5,15H,2-3,9H2,1H3,(H2,10,11,12,13). The van der Waals surface area contributed by atoms with E-state index in [1.807, 2.05) is 0 Å². The van der Waals surface area contributed by atoms with Gasteiger partial charge in [-0.3, -0.25) is 10.1 Å². The van der Waals surface area contributed by atoms with Crippen LogP contribution in [0.4, 0.5) is 17.3 Å². The van der Waals surface area contributed by atoms with Crippen LogP contribution in [0.3, 0.4) is 0 Å². The van der Waals surface area contributed by atoms with Crippen molar-refractivity contribution in [3.05, 3.63) is 16.4 Å². The Labute approximate surface area is 97.2 Å². The third kappa shape index (κ3) is 3.23. The van der Waals surface area contributed by atoms with Crippen LogP contribution in [-0.2, 0) is 0 Å². The number of hydrazine groups is 1. The summed E-state index contributed by atoms with van der Waals surface area (Å²) in [5.74, 6) is 5.09. The van der Waals surface area contributed by atoms with E-state index in [4.69, 9.17) is 10.9 Å². The molecule has 17 heavy (non-hydrogen) atoms. The van der Waals surface area contributed by atoms with E-state index in [0.717, 1.165) is 6.33 Å². The molecule has 0 aliphatic rings. The Kier molecular flexibility index (Phi) is 4.55. The van der Waals surface area contributed by atoms with E-state index in [9.17, 15) is 10.1 Å². The molecule has 0 aliphatic heterocycles. The topological polar surface area (TPSA) is 139 Å². The lowest BCUT2D eigenvalue weighted by atomic mass is 10.2. The number of nitrogens with two attached hydrogens (primary N) is 1. The Morgan fingerprint density at radius 1 is 1.59 bits per heavy atom. The van der Waals surface area contributed by atoms with E-state index in [-0.39, 0.29) is 29.8 Å². The van der Waals surface area contributed by atoms with Crippen molar-refractivity contribution in [2.75, 3.05) is 23.9 Å². The van der Waals surface area contributed by atoms with Gasteiger partial charge in [-0.1, -0.05) is 6.92 Å². The monoisotopic (exact) mass is 242 g/mol. The van der Waals surface area contributed by atoms with E-state index in [0.29, 0.717) is 6.54 Å². The van der Waals surface area contributed by atoms with Crippen LogP contribution >= 0.6 is 0 Å². The largest absolute Gasteiger partial charge is 0.396 e. The lowest BCUT2D eigenvalue weighted by Crippen LogP contribution is -2.18. The lowest BCUT2D eigenvalue weighted by molar-refractivity contribution is -0.383. The third-order valence-electron chi connectivity index (χ3n) is 2.07. The zero-order chi connectivity index (χ0) is 12.8. The maximum atomic E-state index is 10.9. The number of nitrogens with zero attached hydrogens (tertiary/aromatic N) is 3. The number of nitrogens with one attached hydrogen (secondary N) is 2. The van der Waals surface area contributed by atoms with Crippen molar-refractivity contribution in [2.45, 2.75) is 6.92 Å². The molecule has 0 spiro atoms. The molecule has 1 unspecified atom stereocenters. The first kappa shape index (κ1) is 13.1. The minimum absolute atomic E-state index is 0.0200. The van der Waals surface area contributed by atoms with E-state index in [1.54, 1.807) is 6.92 Å². The van der Waals surface area contributed by atoms with Gasteiger partial charge < -0.3 is 15.8 Å². The number of rotatable bonds is 6. The van der Waals surface area contributed by atoms with E-state index in [1.165, 1.54) is 0 Å². The van der Waals surface area contributed by atoms with Crippen molar-refractivity contribution in [3.63, 3.8) is 0 Å². The molecular weight excluding hydrogens is 228 g/mol. The van der Waals surface area contributed by atoms with E-state index in [2.05, 4.69) is 20.7 Å². The fourth-order valence-corrected chi connectivity index (χ4v) is 1.12. The molecule has 1 heterocycles. The summed E-state index contributed by atoms with van der Waals surface area (Å²) < 4.78 is 0. The first-order valence-corrected chi connectivity index (χ1v) is 4.90. The summed E-state index contributed by atoms with van der Waals surface area (Å²) in [6, 6.07) is 0. The number of aromatic nitrogens is 2. The number of nitrogen functional groups attached to an aromatic ring is 1. The average molecular weight is 242 g/mol. The van der Waals surface area contributed by atoms with Gasteiger partial charge in [0.2, 0.25) is 11.6 Å². The van der Waals surface area contributed by atoms with Gasteiger partial charge in [0.1, 0.15) is 6.33 Å². The van der Waals surface area contributed by atoms with Crippen LogP contribution in [0.2, 0.25) is 0 Å². The summed E-state index contributed by atoms with van der Waals surface area (Å²) in [5, 5.41) is 22.5. The van der Waals surface area contributed by atoms with Crippen molar-refractivity contribution in [3.8, 4) is 0 Å². The highest BCUT2D eigenvalue weighted by Gasteiger charge is 2.22. The molecule has 94 valence electrons. The second-order valence-corrected chi connectivity index (χ2v) is 3.49. The average Bonchev–Trinajstić information content (AvgIpc) is 2.34. The van der Waals surface area contributed by atoms with Gasteiger partial charge in [-0.25, -0.2) is 15.8 Å². The molecule has 0 aliphatic carbocycles. The van der Waals surface area contributed by atoms with Gasteiger partial charge in [0.25, 0.3) is 0 Å². The summed E-state index contributed by atoms with van der Waals surface area (Å²) >= 11 is 0.